The number of nitrogens with one attached hydrogen (secondary N) is 1. The molecule has 0 saturated carbocycles. The minimum Gasteiger partial charge on any atom is -0.329 e. The van der Waals surface area contributed by atoms with Crippen LogP contribution in [0.2, 0.25) is 0 Å². The summed E-state index contributed by atoms with van der Waals surface area (Å²) in [6, 6.07) is 8.03. The van der Waals surface area contributed by atoms with E-state index in [-0.39, 0.29) is 0 Å². The average molecular weight is 133 g/mol. The molecule has 1 aromatic carbocycles. The lowest BCUT2D eigenvalue weighted by Crippen LogP contribution is -1.88. The summed E-state index contributed by atoms with van der Waals surface area (Å²) >= 11 is 0. The molecular weight excluding hydrogens is 128 g/mol. The van der Waals surface area contributed by atoms with Crippen LogP contribution < -0.4 is 10.4 Å². The molecule has 2 aliphatic rings. The largest absolute Gasteiger partial charge is 0.339 e. The zero-order valence-corrected chi connectivity index (χ0v) is 5.16. The fourth-order valence-corrected chi connectivity index (χ4v) is 1.17. The van der Waals surface area contributed by atoms with Crippen molar-refractivity contribution in [3.05, 3.63) is 30.6 Å². The molecule has 2 aliphatic heterocycles. The smallest absolute Gasteiger partial charge is 0.329 e. The fourth-order valence-electron chi connectivity index (χ4n) is 1.17. The minimum absolute atomic E-state index is 0.848. The van der Waals surface area contributed by atoms with Gasteiger partial charge in [0.05, 0.1) is 11.4 Å². The summed E-state index contributed by atoms with van der Waals surface area (Å²) in [6.07, 6.45) is 0.848. The zero-order valence-electron chi connectivity index (χ0n) is 5.16. The standard InChI is InChI=1S/C7H5N2O/c1-2-4-6-5(3-1)8-7-9(6)10-7/h1-4,8H. The zero-order chi connectivity index (χ0) is 6.55. The van der Waals surface area contributed by atoms with Gasteiger partial charge in [-0.05, 0) is 12.1 Å². The summed E-state index contributed by atoms with van der Waals surface area (Å²) in [7, 11) is 0. The van der Waals surface area contributed by atoms with E-state index in [4.69, 9.17) is 4.84 Å². The number of hydrogen-bond donors (Lipinski definition) is 1. The van der Waals surface area contributed by atoms with Crippen LogP contribution >= 0.6 is 0 Å². The van der Waals surface area contributed by atoms with Gasteiger partial charge in [0.25, 0.3) is 0 Å². The molecule has 2 heterocycles. The van der Waals surface area contributed by atoms with Crippen molar-refractivity contribution in [1.29, 1.82) is 0 Å². The van der Waals surface area contributed by atoms with Crippen LogP contribution in [0.5, 0.6) is 0 Å². The van der Waals surface area contributed by atoms with Gasteiger partial charge in [-0.1, -0.05) is 12.1 Å². The average Bonchev–Trinajstić information content (AvgIpc) is 2.64. The highest BCUT2D eigenvalue weighted by Gasteiger charge is 2.47. The van der Waals surface area contributed by atoms with Gasteiger partial charge < -0.3 is 5.32 Å². The predicted molar refractivity (Wildman–Crippen MR) is 36.9 cm³/mol. The third-order valence-electron chi connectivity index (χ3n) is 1.69. The maximum absolute atomic E-state index is 5.02. The van der Waals surface area contributed by atoms with E-state index in [9.17, 15) is 0 Å². The Bertz CT molecular complexity index is 287. The monoisotopic (exact) mass is 133 g/mol. The SMILES string of the molecule is c1ccc2c(c1)N[C]1ON12. The first-order chi connectivity index (χ1) is 4.95. The lowest BCUT2D eigenvalue weighted by Gasteiger charge is -1.98. The van der Waals surface area contributed by atoms with Crippen LogP contribution in [0.3, 0.4) is 0 Å². The van der Waals surface area contributed by atoms with Crippen molar-refractivity contribution in [2.75, 3.05) is 10.4 Å². The van der Waals surface area contributed by atoms with Crippen molar-refractivity contribution in [3.63, 3.8) is 0 Å². The van der Waals surface area contributed by atoms with Crippen LogP contribution in [0.1, 0.15) is 0 Å². The van der Waals surface area contributed by atoms with Gasteiger partial charge in [-0.3, -0.25) is 0 Å². The molecule has 0 bridgehead atoms. The summed E-state index contributed by atoms with van der Waals surface area (Å²) in [5.74, 6) is 0. The third-order valence-corrected chi connectivity index (χ3v) is 1.69. The summed E-state index contributed by atoms with van der Waals surface area (Å²) in [5.41, 5.74) is 2.24. The Kier molecular flexibility index (Phi) is 0.581. The topological polar surface area (TPSA) is 27.6 Å². The van der Waals surface area contributed by atoms with Gasteiger partial charge in [0, 0.05) is 0 Å². The number of anilines is 2. The maximum atomic E-state index is 5.02. The molecular formula is C7H5N2O. The molecule has 1 radical (unpaired) electrons. The number of hydroxylamine groups is 1. The van der Waals surface area contributed by atoms with Crippen molar-refractivity contribution < 1.29 is 4.84 Å². The number of rotatable bonds is 0. The molecule has 0 amide bonds. The van der Waals surface area contributed by atoms with E-state index in [1.54, 1.807) is 5.06 Å². The summed E-state index contributed by atoms with van der Waals surface area (Å²) < 4.78 is 0. The molecule has 0 unspecified atom stereocenters. The highest BCUT2D eigenvalue weighted by Crippen LogP contribution is 2.47. The second-order valence-corrected chi connectivity index (χ2v) is 2.33. The van der Waals surface area contributed by atoms with Crippen LogP contribution in [0.4, 0.5) is 11.4 Å². The van der Waals surface area contributed by atoms with Crippen molar-refractivity contribution in [2.45, 2.75) is 0 Å². The number of hydrogen-bond acceptors (Lipinski definition) is 3. The molecule has 1 saturated heterocycles. The molecule has 10 heavy (non-hydrogen) atoms. The normalized spacial score (nSPS) is 19.8. The lowest BCUT2D eigenvalue weighted by molar-refractivity contribution is 0.450. The van der Waals surface area contributed by atoms with E-state index in [2.05, 4.69) is 5.32 Å². The van der Waals surface area contributed by atoms with Gasteiger partial charge in [-0.25, -0.2) is 4.84 Å². The van der Waals surface area contributed by atoms with Crippen LogP contribution in [-0.2, 0) is 4.84 Å². The van der Waals surface area contributed by atoms with Crippen LogP contribution in [0, 0.1) is 6.35 Å². The predicted octanol–water partition coefficient (Wildman–Crippen LogP) is 1.31. The Labute approximate surface area is 58.2 Å². The lowest BCUT2D eigenvalue weighted by atomic mass is 10.3. The summed E-state index contributed by atoms with van der Waals surface area (Å²) in [4.78, 5) is 5.02. The van der Waals surface area contributed by atoms with Crippen molar-refractivity contribution >= 4 is 11.4 Å². The van der Waals surface area contributed by atoms with Crippen LogP contribution in [-0.4, -0.2) is 0 Å². The van der Waals surface area contributed by atoms with E-state index in [1.165, 1.54) is 0 Å². The van der Waals surface area contributed by atoms with Crippen molar-refractivity contribution in [2.24, 2.45) is 0 Å². The van der Waals surface area contributed by atoms with Crippen LogP contribution in [0.15, 0.2) is 24.3 Å². The maximum Gasteiger partial charge on any atom is 0.339 e. The molecule has 0 spiro atoms. The van der Waals surface area contributed by atoms with Gasteiger partial charge in [-0.15, -0.1) is 0 Å². The number of fused-ring (bicyclic) bond motifs is 3. The Morgan fingerprint density at radius 1 is 1.30 bits per heavy atom. The Balaban J connectivity index is 2.22. The van der Waals surface area contributed by atoms with Gasteiger partial charge in [-0.2, -0.15) is 5.06 Å². The van der Waals surface area contributed by atoms with E-state index in [0.29, 0.717) is 0 Å². The quantitative estimate of drug-likeness (QED) is 0.541. The highest BCUT2D eigenvalue weighted by atomic mass is 16.9. The number of para-hydroxylation sites is 2. The van der Waals surface area contributed by atoms with Crippen molar-refractivity contribution in [3.8, 4) is 0 Å². The minimum atomic E-state index is 0.848. The second kappa shape index (κ2) is 1.27. The van der Waals surface area contributed by atoms with Crippen LogP contribution in [0.25, 0.3) is 0 Å². The van der Waals surface area contributed by atoms with Gasteiger partial charge in [0.15, 0.2) is 0 Å². The van der Waals surface area contributed by atoms with E-state index >= 15 is 0 Å². The Morgan fingerprint density at radius 2 is 2.20 bits per heavy atom. The fraction of sp³-hybridized carbons (Fsp3) is 0. The van der Waals surface area contributed by atoms with Gasteiger partial charge in [0.1, 0.15) is 0 Å². The number of nitrogens with zero attached hydrogens (tertiary/aromatic N) is 1. The first-order valence-corrected chi connectivity index (χ1v) is 3.16. The Hall–Kier alpha value is -1.22. The molecule has 0 aliphatic carbocycles. The summed E-state index contributed by atoms with van der Waals surface area (Å²) in [5, 5.41) is 4.86. The Morgan fingerprint density at radius 3 is 3.10 bits per heavy atom. The van der Waals surface area contributed by atoms with Gasteiger partial charge >= 0.3 is 6.35 Å². The van der Waals surface area contributed by atoms with Crippen molar-refractivity contribution in [1.82, 2.24) is 0 Å². The molecule has 1 fully saturated rings. The van der Waals surface area contributed by atoms with Gasteiger partial charge in [0.2, 0.25) is 0 Å². The molecule has 0 atom stereocenters. The first kappa shape index (κ1) is 4.57. The van der Waals surface area contributed by atoms with E-state index < -0.39 is 0 Å². The number of benzene rings is 1. The molecule has 3 heteroatoms. The molecule has 1 N–H and O–H groups in total. The molecule has 3 rings (SSSR count). The third kappa shape index (κ3) is 0.401. The molecule has 3 nitrogen and oxygen atoms in total. The second-order valence-electron chi connectivity index (χ2n) is 2.33. The highest BCUT2D eigenvalue weighted by molar-refractivity contribution is 5.80. The van der Waals surface area contributed by atoms with E-state index in [0.717, 1.165) is 17.7 Å². The first-order valence-electron chi connectivity index (χ1n) is 3.16. The molecule has 1 aromatic rings. The molecule has 49 valence electrons. The van der Waals surface area contributed by atoms with E-state index in [1.807, 2.05) is 24.3 Å². The molecule has 0 aromatic heterocycles. The summed E-state index contributed by atoms with van der Waals surface area (Å²) in [6.45, 7) is 0.